The van der Waals surface area contributed by atoms with Crippen molar-refractivity contribution >= 4 is 27.3 Å². The van der Waals surface area contributed by atoms with E-state index >= 15 is 0 Å². The van der Waals surface area contributed by atoms with E-state index in [0.29, 0.717) is 18.8 Å². The lowest BCUT2D eigenvalue weighted by Crippen LogP contribution is -2.19. The molecule has 1 aromatic rings. The maximum atomic E-state index is 12.3. The topological polar surface area (TPSA) is 55.6 Å². The van der Waals surface area contributed by atoms with Crippen molar-refractivity contribution in [2.24, 2.45) is 0 Å². The number of nitrogens with zero attached hydrogens (tertiary/aromatic N) is 2. The van der Waals surface area contributed by atoms with Crippen molar-refractivity contribution in [2.45, 2.75) is 19.5 Å². The van der Waals surface area contributed by atoms with E-state index in [9.17, 15) is 18.9 Å². The summed E-state index contributed by atoms with van der Waals surface area (Å²) in [7, 11) is 0. The minimum atomic E-state index is -2.97. The first-order valence-electron chi connectivity index (χ1n) is 5.66. The summed E-state index contributed by atoms with van der Waals surface area (Å²) in [5.74, 6) is -0.0949. The lowest BCUT2D eigenvalue weighted by atomic mass is 10.2. The molecule has 0 aliphatic carbocycles. The highest BCUT2D eigenvalue weighted by Gasteiger charge is 2.25. The first kappa shape index (κ1) is 14.0. The molecule has 104 valence electrons. The molecule has 0 unspecified atom stereocenters. The van der Waals surface area contributed by atoms with Crippen LogP contribution in [0.4, 0.5) is 20.2 Å². The molecule has 0 saturated carbocycles. The highest BCUT2D eigenvalue weighted by Crippen LogP contribution is 2.39. The molecular formula is C11H11BrF2N2O3. The number of halogens is 3. The second-order valence-corrected chi connectivity index (χ2v) is 4.96. The van der Waals surface area contributed by atoms with E-state index in [1.807, 2.05) is 4.90 Å². The number of hydrogen-bond acceptors (Lipinski definition) is 4. The zero-order valence-corrected chi connectivity index (χ0v) is 11.4. The average molecular weight is 337 g/mol. The predicted molar refractivity (Wildman–Crippen MR) is 68.9 cm³/mol. The summed E-state index contributed by atoms with van der Waals surface area (Å²) in [4.78, 5) is 12.3. The van der Waals surface area contributed by atoms with Crippen molar-refractivity contribution in [3.63, 3.8) is 0 Å². The summed E-state index contributed by atoms with van der Waals surface area (Å²) in [6, 6.07) is 2.49. The normalized spacial score (nSPS) is 15.1. The summed E-state index contributed by atoms with van der Waals surface area (Å²) >= 11 is 3.01. The van der Waals surface area contributed by atoms with Gasteiger partial charge in [0.15, 0.2) is 0 Å². The van der Waals surface area contributed by atoms with Gasteiger partial charge in [0.05, 0.1) is 9.40 Å². The largest absolute Gasteiger partial charge is 0.434 e. The summed E-state index contributed by atoms with van der Waals surface area (Å²) in [5.41, 5.74) is 0.205. The number of rotatable bonds is 4. The van der Waals surface area contributed by atoms with Crippen LogP contribution in [0.15, 0.2) is 16.6 Å². The molecule has 1 fully saturated rings. The number of nitro benzene ring substituents is 1. The minimum Gasteiger partial charge on any atom is -0.434 e. The third kappa shape index (κ3) is 3.12. The molecular weight excluding hydrogens is 326 g/mol. The Kier molecular flexibility index (Phi) is 4.18. The summed E-state index contributed by atoms with van der Waals surface area (Å²) in [6.07, 6.45) is 1.86. The van der Waals surface area contributed by atoms with Crippen LogP contribution in [0.5, 0.6) is 5.75 Å². The average Bonchev–Trinajstić information content (AvgIpc) is 2.84. The van der Waals surface area contributed by atoms with E-state index in [-0.39, 0.29) is 15.9 Å². The minimum absolute atomic E-state index is 0.0949. The Labute approximate surface area is 116 Å². The van der Waals surface area contributed by atoms with E-state index < -0.39 is 11.5 Å². The van der Waals surface area contributed by atoms with E-state index in [2.05, 4.69) is 20.7 Å². The zero-order valence-electron chi connectivity index (χ0n) is 9.81. The van der Waals surface area contributed by atoms with Crippen LogP contribution in [0, 0.1) is 10.1 Å². The van der Waals surface area contributed by atoms with Crippen molar-refractivity contribution in [3.8, 4) is 5.75 Å². The molecule has 19 heavy (non-hydrogen) atoms. The van der Waals surface area contributed by atoms with E-state index in [1.165, 1.54) is 12.1 Å². The van der Waals surface area contributed by atoms with Gasteiger partial charge in [-0.15, -0.1) is 0 Å². The van der Waals surface area contributed by atoms with Gasteiger partial charge in [-0.2, -0.15) is 8.78 Å². The number of ether oxygens (including phenoxy) is 1. The smallest absolute Gasteiger partial charge is 0.387 e. The van der Waals surface area contributed by atoms with Crippen LogP contribution in [-0.2, 0) is 0 Å². The molecule has 2 rings (SSSR count). The fourth-order valence-corrected chi connectivity index (χ4v) is 2.50. The molecule has 0 atom stereocenters. The van der Waals surface area contributed by atoms with Crippen molar-refractivity contribution in [3.05, 3.63) is 26.7 Å². The summed E-state index contributed by atoms with van der Waals surface area (Å²) < 4.78 is 29.0. The van der Waals surface area contributed by atoms with Gasteiger partial charge in [0, 0.05) is 25.2 Å². The lowest BCUT2D eigenvalue weighted by Gasteiger charge is -2.19. The Bertz CT molecular complexity index is 493. The van der Waals surface area contributed by atoms with E-state index in [1.54, 1.807) is 0 Å². The van der Waals surface area contributed by atoms with E-state index in [4.69, 9.17) is 0 Å². The van der Waals surface area contributed by atoms with Gasteiger partial charge in [0.2, 0.25) is 0 Å². The lowest BCUT2D eigenvalue weighted by molar-refractivity contribution is -0.384. The fourth-order valence-electron chi connectivity index (χ4n) is 2.08. The summed E-state index contributed by atoms with van der Waals surface area (Å²) in [5, 5.41) is 11.0. The first-order valence-corrected chi connectivity index (χ1v) is 6.46. The third-order valence-electron chi connectivity index (χ3n) is 2.89. The van der Waals surface area contributed by atoms with Crippen LogP contribution >= 0.6 is 15.9 Å². The van der Waals surface area contributed by atoms with Gasteiger partial charge in [-0.1, -0.05) is 0 Å². The van der Waals surface area contributed by atoms with E-state index in [0.717, 1.165) is 12.8 Å². The van der Waals surface area contributed by atoms with Gasteiger partial charge in [0.25, 0.3) is 5.69 Å². The number of alkyl halides is 2. The number of anilines is 1. The van der Waals surface area contributed by atoms with Crippen LogP contribution in [-0.4, -0.2) is 24.6 Å². The molecule has 0 aromatic heterocycles. The van der Waals surface area contributed by atoms with Gasteiger partial charge in [-0.05, 0) is 28.8 Å². The molecule has 0 bridgehead atoms. The first-order chi connectivity index (χ1) is 8.99. The second-order valence-electron chi connectivity index (χ2n) is 4.10. The number of nitro groups is 1. The quantitative estimate of drug-likeness (QED) is 0.623. The molecule has 1 aromatic carbocycles. The molecule has 1 heterocycles. The standard InChI is InChI=1S/C11H11BrF2N2O3/c12-7-5-9(16(17)18)8(15-3-1-2-4-15)6-10(7)19-11(13)14/h5-6,11H,1-4H2. The molecule has 5 nitrogen and oxygen atoms in total. The highest BCUT2D eigenvalue weighted by atomic mass is 79.9. The zero-order chi connectivity index (χ0) is 14.0. The maximum Gasteiger partial charge on any atom is 0.387 e. The molecule has 8 heteroatoms. The predicted octanol–water partition coefficient (Wildman–Crippen LogP) is 3.56. The Morgan fingerprint density at radius 2 is 2.00 bits per heavy atom. The van der Waals surface area contributed by atoms with Crippen molar-refractivity contribution in [1.29, 1.82) is 0 Å². The number of benzene rings is 1. The molecule has 1 aliphatic heterocycles. The van der Waals surface area contributed by atoms with Gasteiger partial charge >= 0.3 is 6.61 Å². The Morgan fingerprint density at radius 3 is 2.53 bits per heavy atom. The van der Waals surface area contributed by atoms with Crippen molar-refractivity contribution in [1.82, 2.24) is 0 Å². The summed E-state index contributed by atoms with van der Waals surface area (Å²) in [6.45, 7) is -1.61. The molecule has 0 amide bonds. The van der Waals surface area contributed by atoms with Crippen molar-refractivity contribution in [2.75, 3.05) is 18.0 Å². The van der Waals surface area contributed by atoms with Gasteiger partial charge in [-0.25, -0.2) is 0 Å². The maximum absolute atomic E-state index is 12.3. The van der Waals surface area contributed by atoms with Gasteiger partial charge in [-0.3, -0.25) is 10.1 Å². The van der Waals surface area contributed by atoms with Crippen molar-refractivity contribution < 1.29 is 18.4 Å². The molecule has 1 aliphatic rings. The molecule has 1 saturated heterocycles. The van der Waals surface area contributed by atoms with Crippen LogP contribution in [0.3, 0.4) is 0 Å². The number of hydrogen-bond donors (Lipinski definition) is 0. The molecule has 0 spiro atoms. The Morgan fingerprint density at radius 1 is 1.37 bits per heavy atom. The third-order valence-corrected chi connectivity index (χ3v) is 3.51. The van der Waals surface area contributed by atoms with Gasteiger partial charge in [0.1, 0.15) is 11.4 Å². The Balaban J connectivity index is 2.44. The van der Waals surface area contributed by atoms with Gasteiger partial charge < -0.3 is 9.64 Å². The highest BCUT2D eigenvalue weighted by molar-refractivity contribution is 9.10. The Hall–Kier alpha value is -1.44. The monoisotopic (exact) mass is 336 g/mol. The fraction of sp³-hybridized carbons (Fsp3) is 0.455. The molecule has 0 N–H and O–H groups in total. The van der Waals surface area contributed by atoms with Crippen LogP contribution in [0.25, 0.3) is 0 Å². The SMILES string of the molecule is O=[N+]([O-])c1cc(Br)c(OC(F)F)cc1N1CCCC1. The van der Waals surface area contributed by atoms with Crippen LogP contribution in [0.2, 0.25) is 0 Å². The second kappa shape index (κ2) is 5.68. The van der Waals surface area contributed by atoms with Crippen LogP contribution < -0.4 is 9.64 Å². The van der Waals surface area contributed by atoms with Crippen LogP contribution in [0.1, 0.15) is 12.8 Å². The molecule has 0 radical (unpaired) electrons.